The van der Waals surface area contributed by atoms with Gasteiger partial charge in [-0.25, -0.2) is 9.97 Å². The number of amides is 1. The van der Waals surface area contributed by atoms with Crippen molar-refractivity contribution in [3.05, 3.63) is 38.9 Å². The highest BCUT2D eigenvalue weighted by Gasteiger charge is 2.20. The number of phenolic OH excluding ortho intramolecular Hbond substituents is 1. The highest BCUT2D eigenvalue weighted by molar-refractivity contribution is 7.18. The van der Waals surface area contributed by atoms with Crippen LogP contribution < -0.4 is 11.1 Å². The Morgan fingerprint density at radius 3 is 2.83 bits per heavy atom. The Bertz CT molecular complexity index is 916. The minimum absolute atomic E-state index is 0.0253. The molecule has 0 bridgehead atoms. The molecule has 118 valence electrons. The van der Waals surface area contributed by atoms with Crippen molar-refractivity contribution in [3.63, 3.8) is 0 Å². The zero-order valence-electron chi connectivity index (χ0n) is 11.7. The predicted molar refractivity (Wildman–Crippen MR) is 92.6 cm³/mol. The van der Waals surface area contributed by atoms with Crippen molar-refractivity contribution in [1.29, 1.82) is 0 Å². The molecule has 0 radical (unpaired) electrons. The van der Waals surface area contributed by atoms with E-state index in [1.165, 1.54) is 23.7 Å². The number of hydrogen-bond acceptors (Lipinski definition) is 6. The van der Waals surface area contributed by atoms with Crippen molar-refractivity contribution in [1.82, 2.24) is 9.97 Å². The second-order valence-corrected chi connectivity index (χ2v) is 6.39. The van der Waals surface area contributed by atoms with Gasteiger partial charge in [-0.2, -0.15) is 0 Å². The van der Waals surface area contributed by atoms with Crippen LogP contribution in [0.5, 0.6) is 5.75 Å². The second-order valence-electron chi connectivity index (χ2n) is 4.76. The van der Waals surface area contributed by atoms with E-state index in [-0.39, 0.29) is 21.5 Å². The van der Waals surface area contributed by atoms with Gasteiger partial charge in [0.25, 0.3) is 5.91 Å². The number of carbonyl (C=O) groups excluding carboxylic acids is 1. The molecule has 3 rings (SSSR count). The van der Waals surface area contributed by atoms with E-state index in [0.717, 1.165) is 0 Å². The Hall–Kier alpha value is -2.09. The topological polar surface area (TPSA) is 101 Å². The minimum atomic E-state index is -0.455. The Labute approximate surface area is 144 Å². The van der Waals surface area contributed by atoms with Gasteiger partial charge in [0.1, 0.15) is 22.9 Å². The number of halogens is 2. The van der Waals surface area contributed by atoms with Crippen LogP contribution in [0.1, 0.15) is 15.9 Å². The summed E-state index contributed by atoms with van der Waals surface area (Å²) in [6.07, 6.45) is 1.29. The molecule has 6 nitrogen and oxygen atoms in total. The number of nitrogens with two attached hydrogens (primary N) is 1. The summed E-state index contributed by atoms with van der Waals surface area (Å²) in [5, 5.41) is 14.3. The summed E-state index contributed by atoms with van der Waals surface area (Å²) in [4.78, 5) is 20.5. The van der Waals surface area contributed by atoms with Crippen LogP contribution in [0.2, 0.25) is 10.0 Å². The third-order valence-electron chi connectivity index (χ3n) is 3.23. The average Bonchev–Trinajstić information content (AvgIpc) is 2.95. The maximum absolute atomic E-state index is 12.5. The fraction of sp³-hybridized carbons (Fsp3) is 0.0714. The molecule has 2 heterocycles. The molecule has 0 spiro atoms. The molecule has 1 aromatic carbocycles. The summed E-state index contributed by atoms with van der Waals surface area (Å²) in [6, 6.07) is 1.42. The van der Waals surface area contributed by atoms with Crippen molar-refractivity contribution in [2.75, 3.05) is 11.1 Å². The van der Waals surface area contributed by atoms with Crippen LogP contribution in [-0.4, -0.2) is 21.0 Å². The quantitative estimate of drug-likeness (QED) is 0.637. The number of hydrogen-bond donors (Lipinski definition) is 3. The SMILES string of the molecule is Cc1cc(O)c(Cl)c(NC(=O)c2csc3c(N)ncnc23)c1Cl. The number of rotatable bonds is 2. The van der Waals surface area contributed by atoms with Crippen LogP contribution in [0, 0.1) is 6.92 Å². The molecular weight excluding hydrogens is 359 g/mol. The van der Waals surface area contributed by atoms with Gasteiger partial charge in [0, 0.05) is 5.38 Å². The van der Waals surface area contributed by atoms with Crippen LogP contribution in [0.25, 0.3) is 10.2 Å². The number of thiophene rings is 1. The van der Waals surface area contributed by atoms with Gasteiger partial charge < -0.3 is 16.2 Å². The van der Waals surface area contributed by atoms with Crippen molar-refractivity contribution in [2.45, 2.75) is 6.92 Å². The Kier molecular flexibility index (Phi) is 4.01. The van der Waals surface area contributed by atoms with Crippen LogP contribution in [-0.2, 0) is 0 Å². The molecule has 0 aliphatic carbocycles. The third kappa shape index (κ3) is 2.67. The van der Waals surface area contributed by atoms with Crippen molar-refractivity contribution in [3.8, 4) is 5.75 Å². The van der Waals surface area contributed by atoms with Gasteiger partial charge in [-0.15, -0.1) is 11.3 Å². The Morgan fingerprint density at radius 1 is 1.35 bits per heavy atom. The van der Waals surface area contributed by atoms with Crippen molar-refractivity contribution >= 4 is 62.2 Å². The molecule has 0 fully saturated rings. The second kappa shape index (κ2) is 5.84. The van der Waals surface area contributed by atoms with Crippen molar-refractivity contribution in [2.24, 2.45) is 0 Å². The van der Waals surface area contributed by atoms with Crippen LogP contribution in [0.15, 0.2) is 17.8 Å². The van der Waals surface area contributed by atoms with Crippen LogP contribution in [0.3, 0.4) is 0 Å². The molecule has 0 aliphatic heterocycles. The van der Waals surface area contributed by atoms with E-state index in [2.05, 4.69) is 15.3 Å². The van der Waals surface area contributed by atoms with Gasteiger partial charge in [-0.3, -0.25) is 4.79 Å². The smallest absolute Gasteiger partial charge is 0.258 e. The molecule has 4 N–H and O–H groups in total. The van der Waals surface area contributed by atoms with E-state index in [9.17, 15) is 9.90 Å². The van der Waals surface area contributed by atoms with E-state index in [1.807, 2.05) is 0 Å². The monoisotopic (exact) mass is 368 g/mol. The minimum Gasteiger partial charge on any atom is -0.506 e. The fourth-order valence-electron chi connectivity index (χ4n) is 2.07. The highest BCUT2D eigenvalue weighted by Crippen LogP contribution is 2.40. The number of fused-ring (bicyclic) bond motifs is 1. The summed E-state index contributed by atoms with van der Waals surface area (Å²) < 4.78 is 0.627. The van der Waals surface area contributed by atoms with Crippen molar-refractivity contribution < 1.29 is 9.90 Å². The third-order valence-corrected chi connectivity index (χ3v) is 5.09. The molecule has 0 saturated heterocycles. The fourth-order valence-corrected chi connectivity index (χ4v) is 3.42. The molecular formula is C14H10Cl2N4O2S. The molecule has 1 amide bonds. The lowest BCUT2D eigenvalue weighted by molar-refractivity contribution is 0.102. The average molecular weight is 369 g/mol. The molecule has 0 aliphatic rings. The van der Waals surface area contributed by atoms with Crippen LogP contribution in [0.4, 0.5) is 11.5 Å². The first-order valence-corrected chi connectivity index (χ1v) is 8.00. The van der Waals surface area contributed by atoms with Gasteiger partial charge >= 0.3 is 0 Å². The standard InChI is InChI=1S/C14H10Cl2N4O2S/c1-5-2-7(21)9(16)11(8(5)15)20-14(22)6-3-23-12-10(6)18-4-19-13(12)17/h2-4,21H,1H3,(H,20,22)(H2,17,18,19). The van der Waals surface area contributed by atoms with Gasteiger partial charge in [0.15, 0.2) is 0 Å². The number of nitrogen functional groups attached to an aromatic ring is 1. The lowest BCUT2D eigenvalue weighted by atomic mass is 10.2. The highest BCUT2D eigenvalue weighted by atomic mass is 35.5. The van der Waals surface area contributed by atoms with E-state index in [0.29, 0.717) is 27.2 Å². The number of phenols is 1. The summed E-state index contributed by atoms with van der Waals surface area (Å²) in [6.45, 7) is 1.70. The number of aryl methyl sites for hydroxylation is 1. The molecule has 9 heteroatoms. The number of nitrogens with one attached hydrogen (secondary N) is 1. The Morgan fingerprint density at radius 2 is 2.09 bits per heavy atom. The predicted octanol–water partition coefficient (Wildman–Crippen LogP) is 3.85. The van der Waals surface area contributed by atoms with E-state index in [1.54, 1.807) is 12.3 Å². The normalized spacial score (nSPS) is 10.9. The maximum atomic E-state index is 12.5. The molecule has 0 unspecified atom stereocenters. The first-order valence-electron chi connectivity index (χ1n) is 6.36. The number of aromatic hydroxyl groups is 1. The summed E-state index contributed by atoms with van der Waals surface area (Å²) in [7, 11) is 0. The van der Waals surface area contributed by atoms with E-state index in [4.69, 9.17) is 28.9 Å². The van der Waals surface area contributed by atoms with Gasteiger partial charge in [-0.05, 0) is 18.6 Å². The number of anilines is 2. The number of aromatic nitrogens is 2. The molecule has 0 atom stereocenters. The zero-order valence-corrected chi connectivity index (χ0v) is 14.1. The van der Waals surface area contributed by atoms with Gasteiger partial charge in [-0.1, -0.05) is 23.2 Å². The molecule has 23 heavy (non-hydrogen) atoms. The zero-order chi connectivity index (χ0) is 16.7. The molecule has 2 aromatic heterocycles. The largest absolute Gasteiger partial charge is 0.506 e. The first kappa shape index (κ1) is 15.8. The number of carbonyl (C=O) groups is 1. The lowest BCUT2D eigenvalue weighted by Gasteiger charge is -2.12. The summed E-state index contributed by atoms with van der Waals surface area (Å²) in [5.41, 5.74) is 7.28. The summed E-state index contributed by atoms with van der Waals surface area (Å²) in [5.74, 6) is -0.308. The maximum Gasteiger partial charge on any atom is 0.258 e. The van der Waals surface area contributed by atoms with Gasteiger partial charge in [0.2, 0.25) is 0 Å². The first-order chi connectivity index (χ1) is 10.9. The number of benzene rings is 1. The molecule has 3 aromatic rings. The van der Waals surface area contributed by atoms with E-state index < -0.39 is 5.91 Å². The summed E-state index contributed by atoms with van der Waals surface area (Å²) >= 11 is 13.5. The lowest BCUT2D eigenvalue weighted by Crippen LogP contribution is -2.13. The Balaban J connectivity index is 2.04. The number of nitrogens with zero attached hydrogens (tertiary/aromatic N) is 2. The molecule has 0 saturated carbocycles. The van der Waals surface area contributed by atoms with Crippen LogP contribution >= 0.6 is 34.5 Å². The van der Waals surface area contributed by atoms with Gasteiger partial charge in [0.05, 0.1) is 26.5 Å². The van der Waals surface area contributed by atoms with E-state index >= 15 is 0 Å².